The van der Waals surface area contributed by atoms with Gasteiger partial charge < -0.3 is 10.2 Å². The second kappa shape index (κ2) is 5.44. The molecule has 0 saturated heterocycles. The summed E-state index contributed by atoms with van der Waals surface area (Å²) < 4.78 is 37.5. The molecule has 2 rings (SSSR count). The van der Waals surface area contributed by atoms with Gasteiger partial charge in [0.15, 0.2) is 5.13 Å². The average molecular weight is 279 g/mol. The van der Waals surface area contributed by atoms with Crippen molar-refractivity contribution in [2.75, 3.05) is 18.0 Å². The van der Waals surface area contributed by atoms with E-state index in [1.165, 1.54) is 16.2 Å². The van der Waals surface area contributed by atoms with Gasteiger partial charge in [0.1, 0.15) is 6.54 Å². The van der Waals surface area contributed by atoms with E-state index in [9.17, 15) is 13.2 Å². The van der Waals surface area contributed by atoms with Crippen LogP contribution in [0.4, 0.5) is 18.3 Å². The van der Waals surface area contributed by atoms with E-state index in [-0.39, 0.29) is 6.04 Å². The van der Waals surface area contributed by atoms with E-state index < -0.39 is 12.7 Å². The highest BCUT2D eigenvalue weighted by molar-refractivity contribution is 7.15. The zero-order chi connectivity index (χ0) is 13.2. The Morgan fingerprint density at radius 3 is 2.78 bits per heavy atom. The van der Waals surface area contributed by atoms with E-state index in [0.29, 0.717) is 11.7 Å². The molecule has 1 aliphatic rings. The first kappa shape index (κ1) is 13.6. The van der Waals surface area contributed by atoms with Crippen LogP contribution in [0, 0.1) is 0 Å². The number of hydrogen-bond donors (Lipinski definition) is 1. The van der Waals surface area contributed by atoms with Crippen LogP contribution in [0.1, 0.15) is 24.6 Å². The Morgan fingerprint density at radius 2 is 2.22 bits per heavy atom. The molecule has 1 aromatic heterocycles. The fourth-order valence-electron chi connectivity index (χ4n) is 1.69. The standard InChI is InChI=1S/C11H16F3N3S/c1-2-15-5-9-6-16-10(18-9)17(8-3-4-8)7-11(12,13)14/h6,8,15H,2-5,7H2,1H3. The van der Waals surface area contributed by atoms with Gasteiger partial charge in [0.05, 0.1) is 0 Å². The lowest BCUT2D eigenvalue weighted by Crippen LogP contribution is -2.35. The molecular formula is C11H16F3N3S. The fourth-order valence-corrected chi connectivity index (χ4v) is 2.64. The highest BCUT2D eigenvalue weighted by atomic mass is 32.1. The van der Waals surface area contributed by atoms with Crippen LogP contribution in [-0.2, 0) is 6.54 Å². The number of halogens is 3. The molecule has 1 saturated carbocycles. The molecule has 102 valence electrons. The maximum absolute atomic E-state index is 12.5. The number of aromatic nitrogens is 1. The Balaban J connectivity index is 2.03. The van der Waals surface area contributed by atoms with E-state index in [2.05, 4.69) is 10.3 Å². The van der Waals surface area contributed by atoms with E-state index in [0.717, 1.165) is 24.3 Å². The smallest absolute Gasteiger partial charge is 0.336 e. The lowest BCUT2D eigenvalue weighted by Gasteiger charge is -2.22. The summed E-state index contributed by atoms with van der Waals surface area (Å²) in [4.78, 5) is 6.48. The molecule has 0 aromatic carbocycles. The summed E-state index contributed by atoms with van der Waals surface area (Å²) in [6.45, 7) is 2.59. The predicted octanol–water partition coefficient (Wildman–Crippen LogP) is 2.78. The topological polar surface area (TPSA) is 28.2 Å². The first-order valence-corrected chi connectivity index (χ1v) is 6.80. The summed E-state index contributed by atoms with van der Waals surface area (Å²) in [6.07, 6.45) is -0.846. The number of rotatable bonds is 6. The molecule has 0 amide bonds. The average Bonchev–Trinajstić information content (AvgIpc) is 3.01. The largest absolute Gasteiger partial charge is 0.406 e. The lowest BCUT2D eigenvalue weighted by atomic mass is 10.5. The van der Waals surface area contributed by atoms with Crippen molar-refractivity contribution in [3.05, 3.63) is 11.1 Å². The Kier molecular flexibility index (Phi) is 4.11. The zero-order valence-corrected chi connectivity index (χ0v) is 10.9. The number of anilines is 1. The Bertz CT molecular complexity index is 387. The monoisotopic (exact) mass is 279 g/mol. The van der Waals surface area contributed by atoms with E-state index in [1.807, 2.05) is 6.92 Å². The minimum Gasteiger partial charge on any atom is -0.336 e. The molecule has 18 heavy (non-hydrogen) atoms. The van der Waals surface area contributed by atoms with Gasteiger partial charge in [-0.15, -0.1) is 11.3 Å². The minimum absolute atomic E-state index is 0.0183. The molecule has 0 aliphatic heterocycles. The predicted molar refractivity (Wildman–Crippen MR) is 65.9 cm³/mol. The fraction of sp³-hybridized carbons (Fsp3) is 0.727. The molecule has 1 aliphatic carbocycles. The van der Waals surface area contributed by atoms with Crippen LogP contribution in [0.15, 0.2) is 6.20 Å². The number of hydrogen-bond acceptors (Lipinski definition) is 4. The molecule has 0 radical (unpaired) electrons. The molecule has 7 heteroatoms. The second-order valence-electron chi connectivity index (χ2n) is 4.36. The minimum atomic E-state index is -4.17. The van der Waals surface area contributed by atoms with E-state index >= 15 is 0 Å². The summed E-state index contributed by atoms with van der Waals surface area (Å²) in [5.74, 6) is 0. The summed E-state index contributed by atoms with van der Waals surface area (Å²) in [6, 6.07) is 0.0183. The maximum Gasteiger partial charge on any atom is 0.406 e. The van der Waals surface area contributed by atoms with Crippen molar-refractivity contribution >= 4 is 16.5 Å². The van der Waals surface area contributed by atoms with Gasteiger partial charge in [0.25, 0.3) is 0 Å². The van der Waals surface area contributed by atoms with Crippen LogP contribution in [-0.4, -0.2) is 30.3 Å². The van der Waals surface area contributed by atoms with Gasteiger partial charge in [0.2, 0.25) is 0 Å². The number of thiazole rings is 1. The van der Waals surface area contributed by atoms with Crippen LogP contribution in [0.25, 0.3) is 0 Å². The molecule has 1 heterocycles. The summed E-state index contributed by atoms with van der Waals surface area (Å²) in [7, 11) is 0. The summed E-state index contributed by atoms with van der Waals surface area (Å²) in [5, 5.41) is 3.63. The Hall–Kier alpha value is -0.820. The van der Waals surface area contributed by atoms with Crippen molar-refractivity contribution in [2.45, 2.75) is 38.5 Å². The first-order chi connectivity index (χ1) is 8.49. The summed E-state index contributed by atoms with van der Waals surface area (Å²) in [5.41, 5.74) is 0. The molecule has 1 aromatic rings. The SMILES string of the molecule is CCNCc1cnc(N(CC(F)(F)F)C2CC2)s1. The molecule has 1 N–H and O–H groups in total. The normalized spacial score (nSPS) is 16.0. The maximum atomic E-state index is 12.5. The third-order valence-electron chi connectivity index (χ3n) is 2.67. The number of alkyl halides is 3. The third-order valence-corrected chi connectivity index (χ3v) is 3.71. The number of nitrogens with zero attached hydrogens (tertiary/aromatic N) is 2. The Labute approximate surface area is 108 Å². The van der Waals surface area contributed by atoms with Gasteiger partial charge in [-0.2, -0.15) is 13.2 Å². The quantitative estimate of drug-likeness (QED) is 0.868. The van der Waals surface area contributed by atoms with E-state index in [1.54, 1.807) is 6.20 Å². The van der Waals surface area contributed by atoms with Gasteiger partial charge >= 0.3 is 6.18 Å². The van der Waals surface area contributed by atoms with Crippen LogP contribution in [0.2, 0.25) is 0 Å². The molecular weight excluding hydrogens is 263 g/mol. The van der Waals surface area contributed by atoms with Crippen LogP contribution < -0.4 is 10.2 Å². The Morgan fingerprint density at radius 1 is 1.50 bits per heavy atom. The van der Waals surface area contributed by atoms with Crippen LogP contribution >= 0.6 is 11.3 Å². The van der Waals surface area contributed by atoms with Gasteiger partial charge in [0, 0.05) is 23.7 Å². The highest BCUT2D eigenvalue weighted by Gasteiger charge is 2.39. The molecule has 0 spiro atoms. The highest BCUT2D eigenvalue weighted by Crippen LogP contribution is 2.36. The third kappa shape index (κ3) is 3.84. The van der Waals surface area contributed by atoms with Gasteiger partial charge in [-0.25, -0.2) is 4.98 Å². The molecule has 0 bridgehead atoms. The van der Waals surface area contributed by atoms with Gasteiger partial charge in [-0.05, 0) is 19.4 Å². The number of nitrogens with one attached hydrogen (secondary N) is 1. The van der Waals surface area contributed by atoms with Crippen molar-refractivity contribution < 1.29 is 13.2 Å². The van der Waals surface area contributed by atoms with E-state index in [4.69, 9.17) is 0 Å². The first-order valence-electron chi connectivity index (χ1n) is 5.98. The zero-order valence-electron chi connectivity index (χ0n) is 10.1. The van der Waals surface area contributed by atoms with Gasteiger partial charge in [-0.1, -0.05) is 6.92 Å². The van der Waals surface area contributed by atoms with Gasteiger partial charge in [-0.3, -0.25) is 0 Å². The molecule has 1 fully saturated rings. The molecule has 0 atom stereocenters. The summed E-state index contributed by atoms with van der Waals surface area (Å²) >= 11 is 1.34. The lowest BCUT2D eigenvalue weighted by molar-refractivity contribution is -0.120. The van der Waals surface area contributed by atoms with Crippen molar-refractivity contribution in [3.63, 3.8) is 0 Å². The van der Waals surface area contributed by atoms with Crippen molar-refractivity contribution in [3.8, 4) is 0 Å². The van der Waals surface area contributed by atoms with Crippen LogP contribution in [0.5, 0.6) is 0 Å². The second-order valence-corrected chi connectivity index (χ2v) is 5.46. The molecule has 3 nitrogen and oxygen atoms in total. The van der Waals surface area contributed by atoms with Crippen molar-refractivity contribution in [2.24, 2.45) is 0 Å². The van der Waals surface area contributed by atoms with Crippen molar-refractivity contribution in [1.29, 1.82) is 0 Å². The van der Waals surface area contributed by atoms with Crippen molar-refractivity contribution in [1.82, 2.24) is 10.3 Å². The van der Waals surface area contributed by atoms with Crippen LogP contribution in [0.3, 0.4) is 0 Å². The molecule has 0 unspecified atom stereocenters.